The van der Waals surface area contributed by atoms with Crippen LogP contribution in [0.3, 0.4) is 0 Å². The number of nitrogens with zero attached hydrogens (tertiary/aromatic N) is 4. The predicted octanol–water partition coefficient (Wildman–Crippen LogP) is 3.03. The lowest BCUT2D eigenvalue weighted by molar-refractivity contribution is 0.355. The van der Waals surface area contributed by atoms with Gasteiger partial charge in [-0.1, -0.05) is 20.8 Å². The molecule has 2 aromatic heterocycles. The molecule has 0 spiro atoms. The van der Waals surface area contributed by atoms with E-state index in [-0.39, 0.29) is 0 Å². The van der Waals surface area contributed by atoms with Crippen molar-refractivity contribution in [3.05, 3.63) is 18.6 Å². The fraction of sp³-hybridized carbons (Fsp3) is 0.625. The first-order chi connectivity index (χ1) is 10.2. The standard InChI is InChI=1S/C16H25N5/c1-4-5-17-14-11-20-7-6-18-15(20)16(19-14)21-9-12(2)8-13(3)10-21/h6-7,11-13,17H,4-5,8-10H2,1-3H3. The molecule has 2 aromatic rings. The molecule has 0 bridgehead atoms. The molecule has 1 N–H and O–H groups in total. The monoisotopic (exact) mass is 287 g/mol. The van der Waals surface area contributed by atoms with Gasteiger partial charge in [-0.25, -0.2) is 9.97 Å². The minimum absolute atomic E-state index is 0.706. The molecule has 1 aliphatic heterocycles. The lowest BCUT2D eigenvalue weighted by atomic mass is 9.92. The van der Waals surface area contributed by atoms with Crippen molar-refractivity contribution in [3.8, 4) is 0 Å². The quantitative estimate of drug-likeness (QED) is 0.939. The van der Waals surface area contributed by atoms with E-state index in [0.29, 0.717) is 11.8 Å². The van der Waals surface area contributed by atoms with Crippen LogP contribution in [-0.2, 0) is 0 Å². The van der Waals surface area contributed by atoms with Gasteiger partial charge >= 0.3 is 0 Å². The third-order valence-corrected chi connectivity index (χ3v) is 4.08. The molecule has 5 heteroatoms. The van der Waals surface area contributed by atoms with Crippen molar-refractivity contribution < 1.29 is 0 Å². The van der Waals surface area contributed by atoms with Crippen molar-refractivity contribution in [2.75, 3.05) is 29.9 Å². The second-order valence-corrected chi connectivity index (χ2v) is 6.39. The molecule has 5 nitrogen and oxygen atoms in total. The Kier molecular flexibility index (Phi) is 3.99. The maximum Gasteiger partial charge on any atom is 0.180 e. The van der Waals surface area contributed by atoms with E-state index in [9.17, 15) is 0 Å². The maximum absolute atomic E-state index is 4.83. The first kappa shape index (κ1) is 14.2. The van der Waals surface area contributed by atoms with Crippen LogP contribution in [-0.4, -0.2) is 34.0 Å². The molecule has 0 saturated carbocycles. The van der Waals surface area contributed by atoms with Crippen molar-refractivity contribution in [1.82, 2.24) is 14.4 Å². The van der Waals surface area contributed by atoms with E-state index in [1.165, 1.54) is 6.42 Å². The number of nitrogens with one attached hydrogen (secondary N) is 1. The number of fused-ring (bicyclic) bond motifs is 1. The molecular weight excluding hydrogens is 262 g/mol. The van der Waals surface area contributed by atoms with Gasteiger partial charge in [0.2, 0.25) is 0 Å². The van der Waals surface area contributed by atoms with Crippen LogP contribution >= 0.6 is 0 Å². The summed E-state index contributed by atoms with van der Waals surface area (Å²) in [5, 5.41) is 3.39. The van der Waals surface area contributed by atoms with Crippen molar-refractivity contribution >= 4 is 17.3 Å². The Hall–Kier alpha value is -1.78. The Bertz CT molecular complexity index is 596. The third kappa shape index (κ3) is 2.96. The van der Waals surface area contributed by atoms with Gasteiger partial charge in [0.15, 0.2) is 11.5 Å². The zero-order valence-electron chi connectivity index (χ0n) is 13.2. The van der Waals surface area contributed by atoms with E-state index in [0.717, 1.165) is 43.3 Å². The summed E-state index contributed by atoms with van der Waals surface area (Å²) in [4.78, 5) is 11.7. The smallest absolute Gasteiger partial charge is 0.180 e. The Labute approximate surface area is 126 Å². The normalized spacial score (nSPS) is 22.7. The minimum Gasteiger partial charge on any atom is -0.369 e. The third-order valence-electron chi connectivity index (χ3n) is 4.08. The van der Waals surface area contributed by atoms with Gasteiger partial charge in [-0.15, -0.1) is 0 Å². The number of piperidine rings is 1. The van der Waals surface area contributed by atoms with E-state index in [2.05, 4.69) is 40.4 Å². The highest BCUT2D eigenvalue weighted by atomic mass is 15.2. The van der Waals surface area contributed by atoms with Gasteiger partial charge in [0.1, 0.15) is 5.82 Å². The summed E-state index contributed by atoms with van der Waals surface area (Å²) in [7, 11) is 0. The molecule has 1 saturated heterocycles. The topological polar surface area (TPSA) is 45.5 Å². The Morgan fingerprint density at radius 3 is 2.76 bits per heavy atom. The van der Waals surface area contributed by atoms with E-state index in [1.807, 2.05) is 18.6 Å². The first-order valence-electron chi connectivity index (χ1n) is 8.00. The Balaban J connectivity index is 1.97. The highest BCUT2D eigenvalue weighted by Gasteiger charge is 2.25. The van der Waals surface area contributed by atoms with Crippen LogP contribution in [0.1, 0.15) is 33.6 Å². The molecule has 3 heterocycles. The number of anilines is 2. The first-order valence-corrected chi connectivity index (χ1v) is 8.00. The summed E-state index contributed by atoms with van der Waals surface area (Å²) in [6, 6.07) is 0. The number of rotatable bonds is 4. The maximum atomic E-state index is 4.83. The number of hydrogen-bond donors (Lipinski definition) is 1. The molecule has 0 aromatic carbocycles. The lowest BCUT2D eigenvalue weighted by Gasteiger charge is -2.36. The average Bonchev–Trinajstić information content (AvgIpc) is 2.91. The van der Waals surface area contributed by atoms with Crippen molar-refractivity contribution in [1.29, 1.82) is 0 Å². The molecule has 0 amide bonds. The second kappa shape index (κ2) is 5.92. The van der Waals surface area contributed by atoms with Crippen molar-refractivity contribution in [3.63, 3.8) is 0 Å². The van der Waals surface area contributed by atoms with Gasteiger partial charge < -0.3 is 14.6 Å². The van der Waals surface area contributed by atoms with Gasteiger partial charge in [0, 0.05) is 32.0 Å². The summed E-state index contributed by atoms with van der Waals surface area (Å²) < 4.78 is 2.07. The van der Waals surface area contributed by atoms with E-state index >= 15 is 0 Å². The van der Waals surface area contributed by atoms with Crippen LogP contribution < -0.4 is 10.2 Å². The Morgan fingerprint density at radius 1 is 1.29 bits per heavy atom. The van der Waals surface area contributed by atoms with Crippen LogP contribution in [0.4, 0.5) is 11.6 Å². The van der Waals surface area contributed by atoms with E-state index in [4.69, 9.17) is 4.98 Å². The predicted molar refractivity (Wildman–Crippen MR) is 86.9 cm³/mol. The summed E-state index contributed by atoms with van der Waals surface area (Å²) >= 11 is 0. The highest BCUT2D eigenvalue weighted by molar-refractivity contribution is 5.67. The molecule has 0 radical (unpaired) electrons. The molecule has 1 fully saturated rings. The van der Waals surface area contributed by atoms with Crippen LogP contribution in [0.15, 0.2) is 18.6 Å². The molecule has 1 aliphatic rings. The number of imidazole rings is 1. The summed E-state index contributed by atoms with van der Waals surface area (Å²) in [6.45, 7) is 9.89. The average molecular weight is 287 g/mol. The van der Waals surface area contributed by atoms with Gasteiger partial charge in [-0.3, -0.25) is 0 Å². The summed E-state index contributed by atoms with van der Waals surface area (Å²) in [5.74, 6) is 3.36. The van der Waals surface area contributed by atoms with E-state index in [1.54, 1.807) is 0 Å². The molecule has 0 aliphatic carbocycles. The van der Waals surface area contributed by atoms with Gasteiger partial charge in [0.05, 0.1) is 6.20 Å². The molecular formula is C16H25N5. The minimum atomic E-state index is 0.706. The SMILES string of the molecule is CCCNc1cn2ccnc2c(N2CC(C)CC(C)C2)n1. The summed E-state index contributed by atoms with van der Waals surface area (Å²) in [6.07, 6.45) is 8.26. The lowest BCUT2D eigenvalue weighted by Crippen LogP contribution is -2.39. The van der Waals surface area contributed by atoms with Crippen molar-refractivity contribution in [2.45, 2.75) is 33.6 Å². The van der Waals surface area contributed by atoms with Gasteiger partial charge in [-0.2, -0.15) is 0 Å². The second-order valence-electron chi connectivity index (χ2n) is 6.39. The van der Waals surface area contributed by atoms with Crippen LogP contribution in [0.2, 0.25) is 0 Å². The van der Waals surface area contributed by atoms with Crippen molar-refractivity contribution in [2.24, 2.45) is 11.8 Å². The molecule has 3 rings (SSSR count). The van der Waals surface area contributed by atoms with E-state index < -0.39 is 0 Å². The zero-order chi connectivity index (χ0) is 14.8. The number of aromatic nitrogens is 3. The number of hydrogen-bond acceptors (Lipinski definition) is 4. The highest BCUT2D eigenvalue weighted by Crippen LogP contribution is 2.28. The van der Waals surface area contributed by atoms with Crippen LogP contribution in [0, 0.1) is 11.8 Å². The van der Waals surface area contributed by atoms with Gasteiger partial charge in [0.25, 0.3) is 0 Å². The molecule has 2 unspecified atom stereocenters. The summed E-state index contributed by atoms with van der Waals surface area (Å²) in [5.41, 5.74) is 0.957. The largest absolute Gasteiger partial charge is 0.369 e. The molecule has 2 atom stereocenters. The molecule has 114 valence electrons. The van der Waals surface area contributed by atoms with Gasteiger partial charge in [-0.05, 0) is 24.7 Å². The fourth-order valence-corrected chi connectivity index (χ4v) is 3.30. The molecule has 21 heavy (non-hydrogen) atoms. The van der Waals surface area contributed by atoms with Crippen LogP contribution in [0.25, 0.3) is 5.65 Å². The zero-order valence-corrected chi connectivity index (χ0v) is 13.2. The Morgan fingerprint density at radius 2 is 2.05 bits per heavy atom. The van der Waals surface area contributed by atoms with Crippen LogP contribution in [0.5, 0.6) is 0 Å². The fourth-order valence-electron chi connectivity index (χ4n) is 3.30.